The monoisotopic (exact) mass is 343 g/mol. The van der Waals surface area contributed by atoms with Gasteiger partial charge in [-0.25, -0.2) is 4.57 Å². The van der Waals surface area contributed by atoms with E-state index in [2.05, 4.69) is 82.9 Å². The molecule has 0 amide bonds. The molecule has 0 aliphatic rings. The standard InChI is InChI=1S/C22H16ClN2/c1-24-19-8-4-5-9-20(19)25-14-16-6-2-3-7-18(16)21(22(24)25)15-10-12-17(23)13-11-15/h2-14H,1H3/q+1. The lowest BCUT2D eigenvalue weighted by Crippen LogP contribution is -2.27. The molecule has 2 nitrogen and oxygen atoms in total. The van der Waals surface area contributed by atoms with Crippen LogP contribution in [0.3, 0.4) is 0 Å². The van der Waals surface area contributed by atoms with Crippen LogP contribution in [0.1, 0.15) is 0 Å². The predicted molar refractivity (Wildman–Crippen MR) is 104 cm³/mol. The molecule has 3 heteroatoms. The molecule has 0 saturated heterocycles. The smallest absolute Gasteiger partial charge is 0.225 e. The van der Waals surface area contributed by atoms with Gasteiger partial charge in [-0.1, -0.05) is 60.1 Å². The lowest BCUT2D eigenvalue weighted by molar-refractivity contribution is -0.617. The first-order valence-electron chi connectivity index (χ1n) is 8.30. The maximum absolute atomic E-state index is 6.12. The number of halogens is 1. The van der Waals surface area contributed by atoms with Crippen LogP contribution in [-0.2, 0) is 7.05 Å². The van der Waals surface area contributed by atoms with Crippen molar-refractivity contribution in [1.29, 1.82) is 0 Å². The maximum atomic E-state index is 6.12. The van der Waals surface area contributed by atoms with Crippen molar-refractivity contribution in [1.82, 2.24) is 4.40 Å². The summed E-state index contributed by atoms with van der Waals surface area (Å²) in [6.07, 6.45) is 2.23. The van der Waals surface area contributed by atoms with Gasteiger partial charge in [0, 0.05) is 15.8 Å². The molecule has 0 radical (unpaired) electrons. The van der Waals surface area contributed by atoms with Gasteiger partial charge >= 0.3 is 0 Å². The van der Waals surface area contributed by atoms with Crippen molar-refractivity contribution in [3.05, 3.63) is 84.0 Å². The molecule has 0 fully saturated rings. The summed E-state index contributed by atoms with van der Waals surface area (Å²) in [6.45, 7) is 0. The summed E-state index contributed by atoms with van der Waals surface area (Å²) in [5, 5.41) is 3.22. The molecule has 0 aliphatic heterocycles. The molecule has 5 aromatic rings. The normalized spacial score (nSPS) is 11.6. The summed E-state index contributed by atoms with van der Waals surface area (Å²) < 4.78 is 4.56. The molecular weight excluding hydrogens is 328 g/mol. The molecular formula is C22H16ClN2+. The molecule has 0 aliphatic carbocycles. The molecule has 120 valence electrons. The van der Waals surface area contributed by atoms with Crippen molar-refractivity contribution in [3.63, 3.8) is 0 Å². The molecule has 0 unspecified atom stereocenters. The highest BCUT2D eigenvalue weighted by molar-refractivity contribution is 6.30. The Morgan fingerprint density at radius 1 is 0.840 bits per heavy atom. The van der Waals surface area contributed by atoms with E-state index in [1.807, 2.05) is 12.1 Å². The van der Waals surface area contributed by atoms with Gasteiger partial charge in [-0.15, -0.1) is 0 Å². The molecule has 0 atom stereocenters. The lowest BCUT2D eigenvalue weighted by Gasteiger charge is -2.07. The van der Waals surface area contributed by atoms with E-state index in [-0.39, 0.29) is 0 Å². The van der Waals surface area contributed by atoms with Crippen molar-refractivity contribution in [3.8, 4) is 11.1 Å². The van der Waals surface area contributed by atoms with Gasteiger partial charge in [-0.2, -0.15) is 4.40 Å². The number of imidazole rings is 1. The van der Waals surface area contributed by atoms with E-state index in [0.717, 1.165) is 5.02 Å². The maximum Gasteiger partial charge on any atom is 0.295 e. The molecule has 3 aromatic carbocycles. The van der Waals surface area contributed by atoms with Gasteiger partial charge in [0.15, 0.2) is 11.0 Å². The topological polar surface area (TPSA) is 8.29 Å². The first kappa shape index (κ1) is 14.5. The number of benzene rings is 3. The Hall–Kier alpha value is -2.84. The number of nitrogens with zero attached hydrogens (tertiary/aromatic N) is 2. The minimum Gasteiger partial charge on any atom is -0.225 e. The summed E-state index contributed by atoms with van der Waals surface area (Å²) in [4.78, 5) is 0. The lowest BCUT2D eigenvalue weighted by atomic mass is 10.00. The predicted octanol–water partition coefficient (Wildman–Crippen LogP) is 5.39. The summed E-state index contributed by atoms with van der Waals surface area (Å²) in [5.74, 6) is 0. The number of aryl methyl sites for hydroxylation is 1. The Morgan fingerprint density at radius 3 is 2.40 bits per heavy atom. The van der Waals surface area contributed by atoms with E-state index in [9.17, 15) is 0 Å². The second-order valence-electron chi connectivity index (χ2n) is 6.34. The van der Waals surface area contributed by atoms with Crippen molar-refractivity contribution >= 4 is 39.1 Å². The van der Waals surface area contributed by atoms with Gasteiger partial charge in [-0.05, 0) is 29.8 Å². The SMILES string of the molecule is C[n+]1c2ccccc2n2cc3ccccc3c(-c3ccc(Cl)cc3)c21. The van der Waals surface area contributed by atoms with E-state index in [4.69, 9.17) is 11.6 Å². The Kier molecular flexibility index (Phi) is 3.09. The Balaban J connectivity index is 2.06. The molecule has 5 rings (SSSR count). The highest BCUT2D eigenvalue weighted by atomic mass is 35.5. The summed E-state index contributed by atoms with van der Waals surface area (Å²) in [5.41, 5.74) is 6.01. The first-order chi connectivity index (χ1) is 12.2. The van der Waals surface area contributed by atoms with Crippen LogP contribution in [0.25, 0.3) is 38.6 Å². The minimum atomic E-state index is 0.755. The van der Waals surface area contributed by atoms with Gasteiger partial charge in [0.05, 0.1) is 12.6 Å². The Morgan fingerprint density at radius 2 is 1.56 bits per heavy atom. The van der Waals surface area contributed by atoms with Crippen molar-refractivity contribution in [2.75, 3.05) is 0 Å². The number of fused-ring (bicyclic) bond motifs is 4. The third kappa shape index (κ3) is 2.08. The zero-order chi connectivity index (χ0) is 17.0. The quantitative estimate of drug-likeness (QED) is 0.361. The van der Waals surface area contributed by atoms with Gasteiger partial charge in [0.1, 0.15) is 6.20 Å². The van der Waals surface area contributed by atoms with Gasteiger partial charge in [0.25, 0.3) is 5.65 Å². The average molecular weight is 344 g/mol. The van der Waals surface area contributed by atoms with Crippen LogP contribution >= 0.6 is 11.6 Å². The van der Waals surface area contributed by atoms with Gasteiger partial charge < -0.3 is 0 Å². The van der Waals surface area contributed by atoms with E-state index in [1.54, 1.807) is 0 Å². The molecule has 25 heavy (non-hydrogen) atoms. The number of hydrogen-bond donors (Lipinski definition) is 0. The number of rotatable bonds is 1. The zero-order valence-electron chi connectivity index (χ0n) is 13.8. The van der Waals surface area contributed by atoms with Crippen LogP contribution in [0.2, 0.25) is 5.02 Å². The summed E-state index contributed by atoms with van der Waals surface area (Å²) in [6, 6.07) is 25.2. The van der Waals surface area contributed by atoms with Crippen LogP contribution in [0.5, 0.6) is 0 Å². The fraction of sp³-hybridized carbons (Fsp3) is 0.0455. The highest BCUT2D eigenvalue weighted by Gasteiger charge is 2.23. The largest absolute Gasteiger partial charge is 0.295 e. The third-order valence-electron chi connectivity index (χ3n) is 4.90. The number of hydrogen-bond acceptors (Lipinski definition) is 0. The molecule has 2 aromatic heterocycles. The molecule has 0 saturated carbocycles. The fourth-order valence-corrected chi connectivity index (χ4v) is 3.88. The minimum absolute atomic E-state index is 0.755. The van der Waals surface area contributed by atoms with Crippen molar-refractivity contribution in [2.24, 2.45) is 7.05 Å². The second kappa shape index (κ2) is 5.33. The van der Waals surface area contributed by atoms with Crippen molar-refractivity contribution in [2.45, 2.75) is 0 Å². The molecule has 0 N–H and O–H groups in total. The van der Waals surface area contributed by atoms with Crippen LogP contribution in [0.4, 0.5) is 0 Å². The number of pyridine rings is 1. The van der Waals surface area contributed by atoms with Crippen LogP contribution in [0, 0.1) is 0 Å². The third-order valence-corrected chi connectivity index (χ3v) is 5.16. The Labute approximate surface area is 150 Å². The summed E-state index contributed by atoms with van der Waals surface area (Å²) >= 11 is 6.12. The molecule has 0 bridgehead atoms. The number of para-hydroxylation sites is 2. The van der Waals surface area contributed by atoms with Gasteiger partial charge in [-0.3, -0.25) is 0 Å². The Bertz CT molecular complexity index is 1250. The average Bonchev–Trinajstić information content (AvgIpc) is 2.93. The van der Waals surface area contributed by atoms with Gasteiger partial charge in [0.2, 0.25) is 0 Å². The fourth-order valence-electron chi connectivity index (χ4n) is 3.76. The zero-order valence-corrected chi connectivity index (χ0v) is 14.5. The first-order valence-corrected chi connectivity index (χ1v) is 8.68. The van der Waals surface area contributed by atoms with E-state index in [0.29, 0.717) is 0 Å². The van der Waals surface area contributed by atoms with Crippen LogP contribution in [-0.4, -0.2) is 4.40 Å². The molecule has 2 heterocycles. The number of aromatic nitrogens is 2. The van der Waals surface area contributed by atoms with Crippen LogP contribution < -0.4 is 4.57 Å². The van der Waals surface area contributed by atoms with E-state index in [1.165, 1.54) is 38.6 Å². The molecule has 0 spiro atoms. The van der Waals surface area contributed by atoms with Crippen LogP contribution in [0.15, 0.2) is 79.0 Å². The summed E-state index contributed by atoms with van der Waals surface area (Å²) in [7, 11) is 2.13. The second-order valence-corrected chi connectivity index (χ2v) is 6.78. The van der Waals surface area contributed by atoms with E-state index >= 15 is 0 Å². The van der Waals surface area contributed by atoms with E-state index < -0.39 is 0 Å². The highest BCUT2D eigenvalue weighted by Crippen LogP contribution is 2.34. The van der Waals surface area contributed by atoms with Crippen molar-refractivity contribution < 1.29 is 4.57 Å².